The Morgan fingerprint density at radius 3 is 2.06 bits per heavy atom. The number of ether oxygens (including phenoxy) is 1. The highest BCUT2D eigenvalue weighted by Crippen LogP contribution is 2.32. The van der Waals surface area contributed by atoms with E-state index in [1.807, 2.05) is 0 Å². The first-order valence-corrected chi connectivity index (χ1v) is 5.39. The first-order chi connectivity index (χ1) is 7.49. The number of halogens is 3. The molecule has 0 aromatic heterocycles. The average Bonchev–Trinajstić information content (AvgIpc) is 2.11. The second-order valence-corrected chi connectivity index (χ2v) is 4.85. The van der Waals surface area contributed by atoms with Gasteiger partial charge in [-0.3, -0.25) is 4.79 Å². The summed E-state index contributed by atoms with van der Waals surface area (Å²) in [6, 6.07) is 0. The number of alkyl halides is 3. The molecule has 0 bridgehead atoms. The Hall–Kier alpha value is -1.00. The van der Waals surface area contributed by atoms with Crippen molar-refractivity contribution in [2.24, 2.45) is 11.3 Å². The van der Waals surface area contributed by atoms with Gasteiger partial charge in [0.25, 0.3) is 0 Å². The molecule has 2 nitrogen and oxygen atoms in total. The normalized spacial score (nSPS) is 15.4. The van der Waals surface area contributed by atoms with E-state index in [1.165, 1.54) is 0 Å². The monoisotopic (exact) mass is 252 g/mol. The highest BCUT2D eigenvalue weighted by Gasteiger charge is 2.38. The summed E-state index contributed by atoms with van der Waals surface area (Å²) in [4.78, 5) is 11.7. The van der Waals surface area contributed by atoms with Crippen molar-refractivity contribution in [1.29, 1.82) is 0 Å². The van der Waals surface area contributed by atoms with Crippen molar-refractivity contribution in [3.63, 3.8) is 0 Å². The fourth-order valence-corrected chi connectivity index (χ4v) is 1.36. The number of carbonyl (C=O) groups excluding carboxylic acids is 1. The van der Waals surface area contributed by atoms with Crippen molar-refractivity contribution >= 4 is 5.97 Å². The molecule has 0 spiro atoms. The Morgan fingerprint density at radius 1 is 1.29 bits per heavy atom. The molecule has 0 heterocycles. The number of allylic oxidation sites excluding steroid dienone is 1. The molecule has 0 saturated heterocycles. The molecule has 1 unspecified atom stereocenters. The molecule has 0 radical (unpaired) electrons. The molecule has 0 rings (SSSR count). The summed E-state index contributed by atoms with van der Waals surface area (Å²) < 4.78 is 40.3. The molecule has 0 aromatic carbocycles. The van der Waals surface area contributed by atoms with Gasteiger partial charge < -0.3 is 4.74 Å². The minimum absolute atomic E-state index is 0.141. The number of hydrogen-bond donors (Lipinski definition) is 0. The zero-order valence-electron chi connectivity index (χ0n) is 10.8. The predicted molar refractivity (Wildman–Crippen MR) is 59.4 cm³/mol. The second kappa shape index (κ2) is 5.56. The topological polar surface area (TPSA) is 26.3 Å². The van der Waals surface area contributed by atoms with Gasteiger partial charge in [0.15, 0.2) is 6.61 Å². The Bertz CT molecular complexity index is 301. The summed E-state index contributed by atoms with van der Waals surface area (Å²) in [5.74, 6) is -0.982. The van der Waals surface area contributed by atoms with Crippen LogP contribution in [0.5, 0.6) is 0 Å². The third-order valence-electron chi connectivity index (χ3n) is 2.59. The summed E-state index contributed by atoms with van der Waals surface area (Å²) >= 11 is 0. The Morgan fingerprint density at radius 2 is 1.76 bits per heavy atom. The summed E-state index contributed by atoms with van der Waals surface area (Å²) in [7, 11) is 0. The average molecular weight is 252 g/mol. The number of esters is 1. The summed E-state index contributed by atoms with van der Waals surface area (Å²) in [5.41, 5.74) is -0.158. The van der Waals surface area contributed by atoms with E-state index in [0.717, 1.165) is 5.57 Å². The standard InChI is InChI=1S/C12H19F3O2/c1-8(2)6-11(5,9(3)4)10(16)17-7-12(13,14)15/h6,9H,7H2,1-5H3. The van der Waals surface area contributed by atoms with E-state index in [-0.39, 0.29) is 5.92 Å². The van der Waals surface area contributed by atoms with Crippen LogP contribution in [-0.4, -0.2) is 18.8 Å². The zero-order valence-corrected chi connectivity index (χ0v) is 10.8. The van der Waals surface area contributed by atoms with E-state index in [2.05, 4.69) is 4.74 Å². The number of hydrogen-bond acceptors (Lipinski definition) is 2. The van der Waals surface area contributed by atoms with Crippen molar-refractivity contribution in [2.75, 3.05) is 6.61 Å². The van der Waals surface area contributed by atoms with Gasteiger partial charge in [0.1, 0.15) is 0 Å². The number of rotatable bonds is 4. The van der Waals surface area contributed by atoms with Gasteiger partial charge in [-0.15, -0.1) is 0 Å². The highest BCUT2D eigenvalue weighted by molar-refractivity contribution is 5.79. The molecule has 0 fully saturated rings. The number of carbonyl (C=O) groups is 1. The van der Waals surface area contributed by atoms with Gasteiger partial charge in [0.05, 0.1) is 5.41 Å². The maximum Gasteiger partial charge on any atom is 0.422 e. The molecule has 1 atom stereocenters. The molecular formula is C12H19F3O2. The van der Waals surface area contributed by atoms with E-state index < -0.39 is 24.2 Å². The van der Waals surface area contributed by atoms with Crippen LogP contribution in [0.2, 0.25) is 0 Å². The maximum absolute atomic E-state index is 12.0. The lowest BCUT2D eigenvalue weighted by atomic mass is 9.78. The second-order valence-electron chi connectivity index (χ2n) is 4.85. The third-order valence-corrected chi connectivity index (χ3v) is 2.59. The van der Waals surface area contributed by atoms with Crippen molar-refractivity contribution in [3.8, 4) is 0 Å². The predicted octanol–water partition coefficient (Wildman–Crippen LogP) is 3.72. The van der Waals surface area contributed by atoms with Crippen LogP contribution in [0.25, 0.3) is 0 Å². The molecule has 17 heavy (non-hydrogen) atoms. The first-order valence-electron chi connectivity index (χ1n) is 5.39. The molecule has 0 aromatic rings. The van der Waals surface area contributed by atoms with Crippen molar-refractivity contribution in [3.05, 3.63) is 11.6 Å². The fraction of sp³-hybridized carbons (Fsp3) is 0.750. The summed E-state index contributed by atoms with van der Waals surface area (Å²) in [5, 5.41) is 0. The summed E-state index contributed by atoms with van der Waals surface area (Å²) in [6.45, 7) is 7.17. The van der Waals surface area contributed by atoms with E-state index in [1.54, 1.807) is 40.7 Å². The van der Waals surface area contributed by atoms with E-state index >= 15 is 0 Å². The SMILES string of the molecule is CC(C)=CC(C)(C(=O)OCC(F)(F)F)C(C)C. The van der Waals surface area contributed by atoms with Gasteiger partial charge in [-0.25, -0.2) is 0 Å². The molecule has 5 heteroatoms. The molecule has 0 amide bonds. The molecule has 0 N–H and O–H groups in total. The molecular weight excluding hydrogens is 233 g/mol. The van der Waals surface area contributed by atoms with Crippen LogP contribution in [0.15, 0.2) is 11.6 Å². The third kappa shape index (κ3) is 5.24. The minimum atomic E-state index is -4.49. The molecule has 100 valence electrons. The van der Waals surface area contributed by atoms with Gasteiger partial charge in [0, 0.05) is 0 Å². The van der Waals surface area contributed by atoms with Crippen molar-refractivity contribution in [2.45, 2.75) is 40.8 Å². The maximum atomic E-state index is 12.0. The van der Waals surface area contributed by atoms with Gasteiger partial charge in [0.2, 0.25) is 0 Å². The lowest BCUT2D eigenvalue weighted by molar-refractivity contribution is -0.192. The lowest BCUT2D eigenvalue weighted by Crippen LogP contribution is -2.35. The molecule has 0 aliphatic carbocycles. The smallest absolute Gasteiger partial charge is 0.422 e. The van der Waals surface area contributed by atoms with Gasteiger partial charge in [-0.2, -0.15) is 13.2 Å². The van der Waals surface area contributed by atoms with Crippen LogP contribution in [0.3, 0.4) is 0 Å². The van der Waals surface area contributed by atoms with Crippen LogP contribution < -0.4 is 0 Å². The van der Waals surface area contributed by atoms with Gasteiger partial charge in [-0.05, 0) is 26.7 Å². The Balaban J connectivity index is 4.86. The fourth-order valence-electron chi connectivity index (χ4n) is 1.36. The van der Waals surface area contributed by atoms with Crippen molar-refractivity contribution < 1.29 is 22.7 Å². The molecule has 0 aliphatic heterocycles. The van der Waals surface area contributed by atoms with E-state index in [4.69, 9.17) is 0 Å². The lowest BCUT2D eigenvalue weighted by Gasteiger charge is -2.28. The Labute approximate surface area is 99.8 Å². The van der Waals surface area contributed by atoms with Gasteiger partial charge in [-0.1, -0.05) is 25.5 Å². The zero-order chi connectivity index (χ0) is 13.9. The summed E-state index contributed by atoms with van der Waals surface area (Å²) in [6.07, 6.45) is -2.84. The van der Waals surface area contributed by atoms with Crippen molar-refractivity contribution in [1.82, 2.24) is 0 Å². The molecule has 0 aliphatic rings. The van der Waals surface area contributed by atoms with Gasteiger partial charge >= 0.3 is 12.1 Å². The van der Waals surface area contributed by atoms with Crippen LogP contribution in [0, 0.1) is 11.3 Å². The van der Waals surface area contributed by atoms with E-state index in [0.29, 0.717) is 0 Å². The van der Waals surface area contributed by atoms with Crippen LogP contribution in [-0.2, 0) is 9.53 Å². The quantitative estimate of drug-likeness (QED) is 0.563. The van der Waals surface area contributed by atoms with Crippen LogP contribution >= 0.6 is 0 Å². The van der Waals surface area contributed by atoms with Crippen LogP contribution in [0.4, 0.5) is 13.2 Å². The largest absolute Gasteiger partial charge is 0.455 e. The van der Waals surface area contributed by atoms with Crippen LogP contribution in [0.1, 0.15) is 34.6 Å². The minimum Gasteiger partial charge on any atom is -0.455 e. The Kier molecular flexibility index (Phi) is 5.23. The highest BCUT2D eigenvalue weighted by atomic mass is 19.4. The molecule has 0 saturated carbocycles. The first kappa shape index (κ1) is 16.0. The van der Waals surface area contributed by atoms with E-state index in [9.17, 15) is 18.0 Å².